The van der Waals surface area contributed by atoms with Crippen molar-refractivity contribution in [2.45, 2.75) is 31.2 Å². The van der Waals surface area contributed by atoms with Crippen molar-refractivity contribution in [3.63, 3.8) is 0 Å². The monoisotopic (exact) mass is 227 g/mol. The van der Waals surface area contributed by atoms with Crippen molar-refractivity contribution in [1.82, 2.24) is 5.32 Å². The summed E-state index contributed by atoms with van der Waals surface area (Å²) in [6.45, 7) is 0.698. The molecule has 3 nitrogen and oxygen atoms in total. The molecule has 0 aromatic rings. The lowest BCUT2D eigenvalue weighted by molar-refractivity contribution is -0.156. The van der Waals surface area contributed by atoms with Crippen LogP contribution in [0, 0.1) is 0 Å². The number of likely N-dealkylation sites (N-methyl/N-ethyl adjacent to an activating group) is 1. The third-order valence-corrected chi connectivity index (χ3v) is 2.39. The second-order valence-electron chi connectivity index (χ2n) is 3.53. The molecule has 0 aromatic heterocycles. The summed E-state index contributed by atoms with van der Waals surface area (Å²) in [6.07, 6.45) is -4.55. The summed E-state index contributed by atoms with van der Waals surface area (Å²) in [5.74, 6) is 0. The van der Waals surface area contributed by atoms with Crippen molar-refractivity contribution in [3.05, 3.63) is 0 Å². The number of alkyl halides is 3. The Morgan fingerprint density at radius 2 is 2.20 bits per heavy atom. The van der Waals surface area contributed by atoms with Gasteiger partial charge < -0.3 is 14.8 Å². The number of ether oxygens (including phenoxy) is 2. The van der Waals surface area contributed by atoms with Crippen LogP contribution in [0.25, 0.3) is 0 Å². The molecule has 0 radical (unpaired) electrons. The van der Waals surface area contributed by atoms with E-state index in [4.69, 9.17) is 9.47 Å². The highest BCUT2D eigenvalue weighted by molar-refractivity contribution is 4.79. The van der Waals surface area contributed by atoms with E-state index in [9.17, 15) is 13.2 Å². The summed E-state index contributed by atoms with van der Waals surface area (Å²) < 4.78 is 45.9. The van der Waals surface area contributed by atoms with Crippen molar-refractivity contribution in [2.24, 2.45) is 0 Å². The molecule has 1 aliphatic heterocycles. The third-order valence-electron chi connectivity index (χ3n) is 2.39. The number of hydrogen-bond acceptors (Lipinski definition) is 3. The average molecular weight is 227 g/mol. The van der Waals surface area contributed by atoms with Crippen molar-refractivity contribution >= 4 is 0 Å². The molecule has 15 heavy (non-hydrogen) atoms. The Labute approximate surface area is 86.9 Å². The molecule has 0 aromatic carbocycles. The molecule has 2 atom stereocenters. The minimum atomic E-state index is -4.15. The molecule has 2 unspecified atom stereocenters. The first-order chi connectivity index (χ1) is 7.03. The molecule has 0 amide bonds. The van der Waals surface area contributed by atoms with Crippen LogP contribution in [0.3, 0.4) is 0 Å². The van der Waals surface area contributed by atoms with Gasteiger partial charge in [-0.05, 0) is 13.5 Å². The Balaban J connectivity index is 2.23. The maximum atomic E-state index is 11.9. The Hall–Kier alpha value is -0.330. The lowest BCUT2D eigenvalue weighted by Gasteiger charge is -2.31. The van der Waals surface area contributed by atoms with E-state index in [-0.39, 0.29) is 18.8 Å². The van der Waals surface area contributed by atoms with Gasteiger partial charge in [0.1, 0.15) is 0 Å². The van der Waals surface area contributed by atoms with Gasteiger partial charge in [0, 0.05) is 12.6 Å². The smallest absolute Gasteiger partial charge is 0.379 e. The lowest BCUT2D eigenvalue weighted by Crippen LogP contribution is -2.46. The second kappa shape index (κ2) is 5.67. The fourth-order valence-electron chi connectivity index (χ4n) is 1.53. The van der Waals surface area contributed by atoms with Crippen LogP contribution in [0.15, 0.2) is 0 Å². The molecular formula is C9H16F3NO2. The average Bonchev–Trinajstić information content (AvgIpc) is 2.16. The molecule has 1 rings (SSSR count). The van der Waals surface area contributed by atoms with E-state index >= 15 is 0 Å². The molecule has 0 spiro atoms. The fraction of sp³-hybridized carbons (Fsp3) is 1.00. The zero-order valence-electron chi connectivity index (χ0n) is 8.64. The topological polar surface area (TPSA) is 30.5 Å². The van der Waals surface area contributed by atoms with E-state index in [0.29, 0.717) is 13.2 Å². The minimum Gasteiger partial charge on any atom is -0.379 e. The van der Waals surface area contributed by atoms with Crippen LogP contribution >= 0.6 is 0 Å². The fourth-order valence-corrected chi connectivity index (χ4v) is 1.53. The second-order valence-corrected chi connectivity index (χ2v) is 3.53. The number of hydrogen-bond donors (Lipinski definition) is 1. The van der Waals surface area contributed by atoms with E-state index in [1.54, 1.807) is 7.05 Å². The maximum Gasteiger partial charge on any atom is 0.391 e. The van der Waals surface area contributed by atoms with Crippen LogP contribution in [0.5, 0.6) is 0 Å². The summed E-state index contributed by atoms with van der Waals surface area (Å²) >= 11 is 0. The van der Waals surface area contributed by atoms with Gasteiger partial charge in [0.25, 0.3) is 0 Å². The van der Waals surface area contributed by atoms with Gasteiger partial charge in [0.2, 0.25) is 0 Å². The third kappa shape index (κ3) is 4.81. The molecular weight excluding hydrogens is 211 g/mol. The van der Waals surface area contributed by atoms with Crippen LogP contribution in [0.2, 0.25) is 0 Å². The van der Waals surface area contributed by atoms with Gasteiger partial charge in [0.05, 0.1) is 25.7 Å². The van der Waals surface area contributed by atoms with Crippen molar-refractivity contribution in [3.8, 4) is 0 Å². The SMILES string of the molecule is CNC1CCOCC1OCCC(F)(F)F. The molecule has 90 valence electrons. The van der Waals surface area contributed by atoms with Crippen LogP contribution in [-0.2, 0) is 9.47 Å². The number of halogens is 3. The molecule has 0 aliphatic carbocycles. The molecule has 1 fully saturated rings. The van der Waals surface area contributed by atoms with E-state index in [2.05, 4.69) is 5.32 Å². The van der Waals surface area contributed by atoms with Gasteiger partial charge in [-0.1, -0.05) is 0 Å². The van der Waals surface area contributed by atoms with E-state index in [0.717, 1.165) is 6.42 Å². The predicted octanol–water partition coefficient (Wildman–Crippen LogP) is 1.33. The molecule has 1 heterocycles. The molecule has 0 saturated carbocycles. The Kier molecular flexibility index (Phi) is 4.82. The molecule has 1 saturated heterocycles. The minimum absolute atomic E-state index is 0.0898. The van der Waals surface area contributed by atoms with Gasteiger partial charge in [0.15, 0.2) is 0 Å². The van der Waals surface area contributed by atoms with Gasteiger partial charge in [-0.2, -0.15) is 13.2 Å². The Bertz CT molecular complexity index is 187. The Morgan fingerprint density at radius 3 is 2.80 bits per heavy atom. The van der Waals surface area contributed by atoms with E-state index in [1.165, 1.54) is 0 Å². The van der Waals surface area contributed by atoms with Gasteiger partial charge in [-0.15, -0.1) is 0 Å². The van der Waals surface area contributed by atoms with Gasteiger partial charge in [-0.3, -0.25) is 0 Å². The summed E-state index contributed by atoms with van der Waals surface area (Å²) in [6, 6.07) is 0.0898. The largest absolute Gasteiger partial charge is 0.391 e. The van der Waals surface area contributed by atoms with E-state index < -0.39 is 12.6 Å². The van der Waals surface area contributed by atoms with Crippen LogP contribution < -0.4 is 5.32 Å². The Morgan fingerprint density at radius 1 is 1.47 bits per heavy atom. The standard InChI is InChI=1S/C9H16F3NO2/c1-13-7-2-4-14-6-8(7)15-5-3-9(10,11)12/h7-8,13H,2-6H2,1H3. The summed E-state index contributed by atoms with van der Waals surface area (Å²) in [5, 5.41) is 3.02. The normalized spacial score (nSPS) is 28.0. The summed E-state index contributed by atoms with van der Waals surface area (Å²) in [7, 11) is 1.77. The molecule has 1 aliphatic rings. The summed E-state index contributed by atoms with van der Waals surface area (Å²) in [4.78, 5) is 0. The van der Waals surface area contributed by atoms with Crippen molar-refractivity contribution in [1.29, 1.82) is 0 Å². The lowest BCUT2D eigenvalue weighted by atomic mass is 10.1. The first-order valence-corrected chi connectivity index (χ1v) is 4.96. The first kappa shape index (κ1) is 12.7. The van der Waals surface area contributed by atoms with Crippen LogP contribution in [0.1, 0.15) is 12.8 Å². The van der Waals surface area contributed by atoms with Gasteiger partial charge >= 0.3 is 6.18 Å². The molecule has 1 N–H and O–H groups in total. The predicted molar refractivity (Wildman–Crippen MR) is 48.7 cm³/mol. The van der Waals surface area contributed by atoms with Crippen LogP contribution in [-0.4, -0.2) is 45.2 Å². The van der Waals surface area contributed by atoms with Gasteiger partial charge in [-0.25, -0.2) is 0 Å². The highest BCUT2D eigenvalue weighted by atomic mass is 19.4. The zero-order chi connectivity index (χ0) is 11.3. The quantitative estimate of drug-likeness (QED) is 0.786. The summed E-state index contributed by atoms with van der Waals surface area (Å²) in [5.41, 5.74) is 0. The van der Waals surface area contributed by atoms with Crippen LogP contribution in [0.4, 0.5) is 13.2 Å². The number of nitrogens with one attached hydrogen (secondary N) is 1. The molecule has 0 bridgehead atoms. The highest BCUT2D eigenvalue weighted by Gasteiger charge is 2.29. The number of rotatable bonds is 4. The highest BCUT2D eigenvalue weighted by Crippen LogP contribution is 2.20. The van der Waals surface area contributed by atoms with Crippen molar-refractivity contribution in [2.75, 3.05) is 26.9 Å². The first-order valence-electron chi connectivity index (χ1n) is 4.96. The van der Waals surface area contributed by atoms with E-state index in [1.807, 2.05) is 0 Å². The molecule has 6 heteroatoms. The zero-order valence-corrected chi connectivity index (χ0v) is 8.64. The maximum absolute atomic E-state index is 11.9. The van der Waals surface area contributed by atoms with Crippen molar-refractivity contribution < 1.29 is 22.6 Å².